The first-order valence-corrected chi connectivity index (χ1v) is 6.98. The van der Waals surface area contributed by atoms with Gasteiger partial charge in [0.25, 0.3) is 0 Å². The molecule has 0 aromatic rings. The fourth-order valence-corrected chi connectivity index (χ4v) is 1.76. The van der Waals surface area contributed by atoms with E-state index in [1.54, 1.807) is 11.8 Å². The molecule has 0 saturated heterocycles. The van der Waals surface area contributed by atoms with Crippen molar-refractivity contribution in [3.63, 3.8) is 0 Å². The molecule has 0 saturated carbocycles. The molecule has 0 atom stereocenters. The Balaban J connectivity index is 4.07. The van der Waals surface area contributed by atoms with Crippen molar-refractivity contribution in [1.29, 1.82) is 0 Å². The van der Waals surface area contributed by atoms with E-state index in [4.69, 9.17) is 5.11 Å². The zero-order valence-corrected chi connectivity index (χ0v) is 12.5. The number of nitrogens with one attached hydrogen (secondary N) is 1. The van der Waals surface area contributed by atoms with Crippen LogP contribution in [0.15, 0.2) is 0 Å². The van der Waals surface area contributed by atoms with Crippen LogP contribution in [-0.2, 0) is 9.59 Å². The lowest BCUT2D eigenvalue weighted by molar-refractivity contribution is -0.137. The Morgan fingerprint density at radius 3 is 1.95 bits per heavy atom. The smallest absolute Gasteiger partial charge is 0.317 e. The summed E-state index contributed by atoms with van der Waals surface area (Å²) < 4.78 is 0. The SMILES string of the molecule is CCN(CC)C(=O)CCNC(=O)N(CC)CCC(=O)O. The molecule has 0 aromatic carbocycles. The van der Waals surface area contributed by atoms with Crippen LogP contribution in [0.2, 0.25) is 0 Å². The molecule has 116 valence electrons. The Kier molecular flexibility index (Phi) is 9.15. The summed E-state index contributed by atoms with van der Waals surface area (Å²) in [6, 6.07) is -0.332. The molecule has 0 radical (unpaired) electrons. The molecular formula is C13H25N3O4. The van der Waals surface area contributed by atoms with Crippen LogP contribution >= 0.6 is 0 Å². The number of carboxylic acid groups (broad SMARTS) is 1. The normalized spacial score (nSPS) is 9.95. The number of rotatable bonds is 9. The number of aliphatic carboxylic acids is 1. The second kappa shape index (κ2) is 10.1. The van der Waals surface area contributed by atoms with Crippen molar-refractivity contribution in [2.75, 3.05) is 32.7 Å². The summed E-state index contributed by atoms with van der Waals surface area (Å²) in [5.41, 5.74) is 0. The largest absolute Gasteiger partial charge is 0.481 e. The number of amides is 3. The summed E-state index contributed by atoms with van der Waals surface area (Å²) in [7, 11) is 0. The zero-order valence-electron chi connectivity index (χ0n) is 12.5. The summed E-state index contributed by atoms with van der Waals surface area (Å²) in [6.45, 7) is 7.77. The van der Waals surface area contributed by atoms with E-state index in [9.17, 15) is 14.4 Å². The van der Waals surface area contributed by atoms with Gasteiger partial charge in [-0.05, 0) is 20.8 Å². The van der Waals surface area contributed by atoms with Gasteiger partial charge in [-0.3, -0.25) is 9.59 Å². The fraction of sp³-hybridized carbons (Fsp3) is 0.769. The van der Waals surface area contributed by atoms with Crippen LogP contribution in [-0.4, -0.2) is 65.5 Å². The van der Waals surface area contributed by atoms with Crippen molar-refractivity contribution < 1.29 is 19.5 Å². The van der Waals surface area contributed by atoms with Crippen LogP contribution in [0.1, 0.15) is 33.6 Å². The zero-order chi connectivity index (χ0) is 15.5. The van der Waals surface area contributed by atoms with Gasteiger partial charge >= 0.3 is 12.0 Å². The van der Waals surface area contributed by atoms with Crippen molar-refractivity contribution in [1.82, 2.24) is 15.1 Å². The Morgan fingerprint density at radius 1 is 0.950 bits per heavy atom. The maximum Gasteiger partial charge on any atom is 0.317 e. The highest BCUT2D eigenvalue weighted by Crippen LogP contribution is 1.95. The maximum absolute atomic E-state index is 11.8. The van der Waals surface area contributed by atoms with E-state index in [0.717, 1.165) is 0 Å². The van der Waals surface area contributed by atoms with Gasteiger partial charge in [-0.25, -0.2) is 4.79 Å². The number of hydrogen-bond donors (Lipinski definition) is 2. The van der Waals surface area contributed by atoms with E-state index >= 15 is 0 Å². The van der Waals surface area contributed by atoms with Crippen molar-refractivity contribution in [2.45, 2.75) is 33.6 Å². The highest BCUT2D eigenvalue weighted by molar-refractivity contribution is 5.78. The topological polar surface area (TPSA) is 90.0 Å². The average molecular weight is 287 g/mol. The van der Waals surface area contributed by atoms with E-state index in [1.807, 2.05) is 13.8 Å². The quantitative estimate of drug-likeness (QED) is 0.655. The standard InChI is InChI=1S/C13H25N3O4/c1-4-15(5-2)11(17)7-9-14-13(20)16(6-3)10-8-12(18)19/h4-10H2,1-3H3,(H,14,20)(H,18,19). The van der Waals surface area contributed by atoms with Crippen LogP contribution in [0.5, 0.6) is 0 Å². The van der Waals surface area contributed by atoms with Crippen LogP contribution in [0.25, 0.3) is 0 Å². The Bertz CT molecular complexity index is 330. The van der Waals surface area contributed by atoms with Crippen LogP contribution < -0.4 is 5.32 Å². The molecule has 0 spiro atoms. The maximum atomic E-state index is 11.8. The first kappa shape index (κ1) is 18.2. The summed E-state index contributed by atoms with van der Waals surface area (Å²) in [4.78, 5) is 37.1. The van der Waals surface area contributed by atoms with Gasteiger partial charge in [-0.15, -0.1) is 0 Å². The molecule has 2 N–H and O–H groups in total. The molecular weight excluding hydrogens is 262 g/mol. The minimum atomic E-state index is -0.937. The number of urea groups is 1. The molecule has 0 aliphatic rings. The van der Waals surface area contributed by atoms with Gasteiger partial charge in [0.2, 0.25) is 5.91 Å². The van der Waals surface area contributed by atoms with Gasteiger partial charge in [0.05, 0.1) is 6.42 Å². The van der Waals surface area contributed by atoms with E-state index in [-0.39, 0.29) is 37.9 Å². The molecule has 3 amide bonds. The summed E-state index contributed by atoms with van der Waals surface area (Å²) in [6.07, 6.45) is 0.170. The van der Waals surface area contributed by atoms with Gasteiger partial charge in [0.15, 0.2) is 0 Å². The third-order valence-corrected chi connectivity index (χ3v) is 3.00. The van der Waals surface area contributed by atoms with Crippen LogP contribution in [0, 0.1) is 0 Å². The number of nitrogens with zero attached hydrogens (tertiary/aromatic N) is 2. The Hall–Kier alpha value is -1.79. The molecule has 0 heterocycles. The highest BCUT2D eigenvalue weighted by atomic mass is 16.4. The lowest BCUT2D eigenvalue weighted by Crippen LogP contribution is -2.42. The molecule has 7 heteroatoms. The molecule has 0 bridgehead atoms. The first-order chi connectivity index (χ1) is 9.46. The lowest BCUT2D eigenvalue weighted by Gasteiger charge is -2.21. The second-order valence-corrected chi connectivity index (χ2v) is 4.27. The number of hydrogen-bond acceptors (Lipinski definition) is 3. The van der Waals surface area contributed by atoms with Gasteiger partial charge < -0.3 is 20.2 Å². The molecule has 0 fully saturated rings. The van der Waals surface area contributed by atoms with Crippen molar-refractivity contribution in [2.24, 2.45) is 0 Å². The van der Waals surface area contributed by atoms with Crippen molar-refractivity contribution >= 4 is 17.9 Å². The minimum absolute atomic E-state index is 0.00360. The summed E-state index contributed by atoms with van der Waals surface area (Å²) >= 11 is 0. The molecule has 0 aliphatic carbocycles. The first-order valence-electron chi connectivity index (χ1n) is 6.98. The highest BCUT2D eigenvalue weighted by Gasteiger charge is 2.14. The van der Waals surface area contributed by atoms with E-state index < -0.39 is 5.97 Å². The van der Waals surface area contributed by atoms with E-state index in [0.29, 0.717) is 19.6 Å². The predicted molar refractivity (Wildman–Crippen MR) is 75.4 cm³/mol. The fourth-order valence-electron chi connectivity index (χ4n) is 1.76. The number of carboxylic acids is 1. The number of carbonyl (C=O) groups excluding carboxylic acids is 2. The summed E-state index contributed by atoms with van der Waals surface area (Å²) in [5.74, 6) is -0.933. The molecule has 0 aliphatic heterocycles. The average Bonchev–Trinajstić information content (AvgIpc) is 2.40. The Morgan fingerprint density at radius 2 is 1.50 bits per heavy atom. The second-order valence-electron chi connectivity index (χ2n) is 4.27. The minimum Gasteiger partial charge on any atom is -0.481 e. The Labute approximate surface area is 119 Å². The van der Waals surface area contributed by atoms with Gasteiger partial charge in [0, 0.05) is 39.1 Å². The monoisotopic (exact) mass is 287 g/mol. The molecule has 20 heavy (non-hydrogen) atoms. The lowest BCUT2D eigenvalue weighted by atomic mass is 10.3. The van der Waals surface area contributed by atoms with Gasteiger partial charge in [-0.2, -0.15) is 0 Å². The number of carbonyl (C=O) groups is 3. The van der Waals surface area contributed by atoms with Crippen LogP contribution in [0.4, 0.5) is 4.79 Å². The third-order valence-electron chi connectivity index (χ3n) is 3.00. The van der Waals surface area contributed by atoms with Crippen molar-refractivity contribution in [3.05, 3.63) is 0 Å². The third kappa shape index (κ3) is 6.96. The molecule has 0 unspecified atom stereocenters. The van der Waals surface area contributed by atoms with Crippen molar-refractivity contribution in [3.8, 4) is 0 Å². The van der Waals surface area contributed by atoms with Gasteiger partial charge in [0.1, 0.15) is 0 Å². The van der Waals surface area contributed by atoms with E-state index in [2.05, 4.69) is 5.32 Å². The molecule has 0 aromatic heterocycles. The van der Waals surface area contributed by atoms with E-state index in [1.165, 1.54) is 4.90 Å². The molecule has 0 rings (SSSR count). The predicted octanol–water partition coefficient (Wildman–Crippen LogP) is 0.751. The van der Waals surface area contributed by atoms with Crippen LogP contribution in [0.3, 0.4) is 0 Å². The van der Waals surface area contributed by atoms with Gasteiger partial charge in [-0.1, -0.05) is 0 Å². The molecule has 7 nitrogen and oxygen atoms in total. The summed E-state index contributed by atoms with van der Waals surface area (Å²) in [5, 5.41) is 11.2.